The smallest absolute Gasteiger partial charge is 0.143 e. The van der Waals surface area contributed by atoms with Crippen molar-refractivity contribution in [2.75, 3.05) is 45.2 Å². The average molecular weight is 496 g/mol. The molecular formula is C30H30FN5O. The van der Waals surface area contributed by atoms with Crippen molar-refractivity contribution >= 4 is 16.6 Å². The summed E-state index contributed by atoms with van der Waals surface area (Å²) in [6.45, 7) is 6.18. The van der Waals surface area contributed by atoms with Crippen LogP contribution >= 0.6 is 0 Å². The number of rotatable bonds is 4. The van der Waals surface area contributed by atoms with E-state index in [0.717, 1.165) is 64.2 Å². The second-order valence-electron chi connectivity index (χ2n) is 10.2. The third-order valence-electron chi connectivity index (χ3n) is 7.64. The van der Waals surface area contributed by atoms with Crippen LogP contribution in [0.4, 0.5) is 10.1 Å². The number of hydrogen-bond acceptors (Lipinski definition) is 5. The molecule has 1 atom stereocenters. The van der Waals surface area contributed by atoms with Crippen molar-refractivity contribution in [1.29, 1.82) is 5.26 Å². The molecule has 6 rings (SSSR count). The first kappa shape index (κ1) is 23.5. The minimum atomic E-state index is -0.318. The first-order valence-corrected chi connectivity index (χ1v) is 12.7. The SMILES string of the molecule is CNCc1cc(C)c(-c2cc3c(-c4ccc5c(c4)OCC4CN(C)CCN54)c[nH]c3cc2C#N)c(F)c1. The predicted octanol–water partition coefficient (Wildman–Crippen LogP) is 5.05. The van der Waals surface area contributed by atoms with Crippen molar-refractivity contribution in [2.45, 2.75) is 19.5 Å². The van der Waals surface area contributed by atoms with E-state index in [0.29, 0.717) is 35.9 Å². The Morgan fingerprint density at radius 1 is 1.16 bits per heavy atom. The van der Waals surface area contributed by atoms with Crippen LogP contribution in [0.2, 0.25) is 0 Å². The maximum atomic E-state index is 15.4. The van der Waals surface area contributed by atoms with Gasteiger partial charge in [0.2, 0.25) is 0 Å². The van der Waals surface area contributed by atoms with Gasteiger partial charge in [0.05, 0.1) is 23.4 Å². The molecule has 37 heavy (non-hydrogen) atoms. The van der Waals surface area contributed by atoms with Gasteiger partial charge in [-0.2, -0.15) is 5.26 Å². The van der Waals surface area contributed by atoms with E-state index in [1.54, 1.807) is 6.07 Å². The van der Waals surface area contributed by atoms with E-state index in [2.05, 4.69) is 51.4 Å². The molecule has 3 heterocycles. The van der Waals surface area contributed by atoms with Crippen LogP contribution in [0, 0.1) is 24.1 Å². The van der Waals surface area contributed by atoms with Gasteiger partial charge in [0, 0.05) is 60.0 Å². The summed E-state index contributed by atoms with van der Waals surface area (Å²) in [6.07, 6.45) is 1.96. The topological polar surface area (TPSA) is 67.3 Å². The van der Waals surface area contributed by atoms with E-state index >= 15 is 4.39 Å². The number of piperazine rings is 1. The van der Waals surface area contributed by atoms with Gasteiger partial charge in [-0.05, 0) is 68.0 Å². The van der Waals surface area contributed by atoms with Crippen LogP contribution < -0.4 is 15.0 Å². The number of aromatic nitrogens is 1. The Kier molecular flexibility index (Phi) is 5.86. The molecule has 188 valence electrons. The van der Waals surface area contributed by atoms with Gasteiger partial charge < -0.3 is 24.8 Å². The molecule has 1 aromatic heterocycles. The van der Waals surface area contributed by atoms with E-state index in [9.17, 15) is 5.26 Å². The zero-order valence-corrected chi connectivity index (χ0v) is 21.4. The van der Waals surface area contributed by atoms with Crippen LogP contribution in [0.1, 0.15) is 16.7 Å². The molecule has 2 aliphatic rings. The molecule has 2 aliphatic heterocycles. The van der Waals surface area contributed by atoms with Crippen molar-refractivity contribution in [3.8, 4) is 34.1 Å². The number of H-pyrrole nitrogens is 1. The van der Waals surface area contributed by atoms with Gasteiger partial charge in [-0.25, -0.2) is 4.39 Å². The van der Waals surface area contributed by atoms with Gasteiger partial charge >= 0.3 is 0 Å². The Labute approximate surface area is 216 Å². The van der Waals surface area contributed by atoms with Crippen LogP contribution in [0.5, 0.6) is 5.75 Å². The molecule has 6 nitrogen and oxygen atoms in total. The van der Waals surface area contributed by atoms with Crippen molar-refractivity contribution in [1.82, 2.24) is 15.2 Å². The van der Waals surface area contributed by atoms with Crippen molar-refractivity contribution in [3.63, 3.8) is 0 Å². The van der Waals surface area contributed by atoms with Crippen molar-refractivity contribution in [3.05, 3.63) is 71.2 Å². The third kappa shape index (κ3) is 4.03. The number of ether oxygens (including phenoxy) is 1. The zero-order chi connectivity index (χ0) is 25.7. The van der Waals surface area contributed by atoms with Crippen molar-refractivity contribution < 1.29 is 9.13 Å². The summed E-state index contributed by atoms with van der Waals surface area (Å²) in [5.41, 5.74) is 7.21. The largest absolute Gasteiger partial charge is 0.489 e. The lowest BCUT2D eigenvalue weighted by atomic mass is 9.92. The van der Waals surface area contributed by atoms with Gasteiger partial charge in [-0.3, -0.25) is 0 Å². The summed E-state index contributed by atoms with van der Waals surface area (Å²) in [5.74, 6) is 0.575. The van der Waals surface area contributed by atoms with Crippen LogP contribution in [0.25, 0.3) is 33.2 Å². The first-order chi connectivity index (χ1) is 18.0. The average Bonchev–Trinajstić information content (AvgIpc) is 3.30. The number of halogens is 1. The zero-order valence-electron chi connectivity index (χ0n) is 21.4. The fourth-order valence-electron chi connectivity index (χ4n) is 5.86. The summed E-state index contributed by atoms with van der Waals surface area (Å²) in [6, 6.07) is 16.3. The lowest BCUT2D eigenvalue weighted by Gasteiger charge is -2.44. The quantitative estimate of drug-likeness (QED) is 0.415. The molecule has 0 spiro atoms. The highest BCUT2D eigenvalue weighted by Gasteiger charge is 2.32. The molecule has 0 radical (unpaired) electrons. The Bertz CT molecular complexity index is 1530. The Hall–Kier alpha value is -3.86. The van der Waals surface area contributed by atoms with Crippen LogP contribution in [0.15, 0.2) is 48.7 Å². The molecule has 0 saturated carbocycles. The van der Waals surface area contributed by atoms with Crippen LogP contribution in [0.3, 0.4) is 0 Å². The summed E-state index contributed by atoms with van der Waals surface area (Å²) >= 11 is 0. The number of nitriles is 1. The fourth-order valence-corrected chi connectivity index (χ4v) is 5.86. The summed E-state index contributed by atoms with van der Waals surface area (Å²) < 4.78 is 21.6. The summed E-state index contributed by atoms with van der Waals surface area (Å²) in [7, 11) is 3.99. The number of hydrogen-bond donors (Lipinski definition) is 2. The number of aromatic amines is 1. The number of anilines is 1. The molecule has 1 saturated heterocycles. The molecule has 7 heteroatoms. The van der Waals surface area contributed by atoms with Gasteiger partial charge in [-0.1, -0.05) is 12.1 Å². The van der Waals surface area contributed by atoms with Crippen LogP contribution in [-0.4, -0.2) is 56.3 Å². The highest BCUT2D eigenvalue weighted by atomic mass is 19.1. The van der Waals surface area contributed by atoms with E-state index < -0.39 is 0 Å². The standard InChI is InChI=1S/C30H30FN5O/c1-18-8-19(14-33-2)9-26(31)30(18)23-12-24-25(15-34-27(24)10-21(23)13-32)20-4-5-28-29(11-20)37-17-22-16-35(3)6-7-36(22)28/h4-5,8-12,15,22,33-34H,6-7,14,16-17H2,1-3H3. The van der Waals surface area contributed by atoms with E-state index in [1.165, 1.54) is 0 Å². The predicted molar refractivity (Wildman–Crippen MR) is 145 cm³/mol. The molecule has 1 fully saturated rings. The Balaban J connectivity index is 1.44. The molecular weight excluding hydrogens is 465 g/mol. The van der Waals surface area contributed by atoms with E-state index in [4.69, 9.17) is 4.74 Å². The first-order valence-electron chi connectivity index (χ1n) is 12.7. The summed E-state index contributed by atoms with van der Waals surface area (Å²) in [5, 5.41) is 13.9. The lowest BCUT2D eigenvalue weighted by Crippen LogP contribution is -2.56. The highest BCUT2D eigenvalue weighted by Crippen LogP contribution is 2.41. The van der Waals surface area contributed by atoms with E-state index in [1.807, 2.05) is 38.4 Å². The normalized spacial score (nSPS) is 17.3. The molecule has 4 aromatic rings. The molecule has 0 aliphatic carbocycles. The third-order valence-corrected chi connectivity index (χ3v) is 7.64. The number of likely N-dealkylation sites (N-methyl/N-ethyl adjacent to an activating group) is 1. The Morgan fingerprint density at radius 2 is 2.03 bits per heavy atom. The van der Waals surface area contributed by atoms with Crippen LogP contribution in [-0.2, 0) is 6.54 Å². The fraction of sp³-hybridized carbons (Fsp3) is 0.300. The molecule has 3 aromatic carbocycles. The van der Waals surface area contributed by atoms with Crippen molar-refractivity contribution in [2.24, 2.45) is 0 Å². The number of benzene rings is 3. The monoisotopic (exact) mass is 495 g/mol. The van der Waals surface area contributed by atoms with Gasteiger partial charge in [0.15, 0.2) is 0 Å². The maximum Gasteiger partial charge on any atom is 0.143 e. The molecule has 1 unspecified atom stereocenters. The molecule has 0 bridgehead atoms. The number of fused-ring (bicyclic) bond motifs is 4. The van der Waals surface area contributed by atoms with Gasteiger partial charge in [0.25, 0.3) is 0 Å². The lowest BCUT2D eigenvalue weighted by molar-refractivity contribution is 0.188. The summed E-state index contributed by atoms with van der Waals surface area (Å²) in [4.78, 5) is 8.12. The van der Waals surface area contributed by atoms with Gasteiger partial charge in [0.1, 0.15) is 18.2 Å². The molecule has 2 N–H and O–H groups in total. The second kappa shape index (κ2) is 9.22. The molecule has 0 amide bonds. The maximum absolute atomic E-state index is 15.4. The van der Waals surface area contributed by atoms with E-state index in [-0.39, 0.29) is 5.82 Å². The number of nitrogens with one attached hydrogen (secondary N) is 2. The number of nitrogens with zero attached hydrogens (tertiary/aromatic N) is 3. The van der Waals surface area contributed by atoms with Gasteiger partial charge in [-0.15, -0.1) is 0 Å². The Morgan fingerprint density at radius 3 is 2.81 bits per heavy atom. The highest BCUT2D eigenvalue weighted by molar-refractivity contribution is 6.00. The second-order valence-corrected chi connectivity index (χ2v) is 10.2. The minimum Gasteiger partial charge on any atom is -0.489 e. The minimum absolute atomic E-state index is 0.318. The number of aryl methyl sites for hydroxylation is 1.